The van der Waals surface area contributed by atoms with Crippen LogP contribution in [-0.2, 0) is 0 Å². The van der Waals surface area contributed by atoms with Crippen molar-refractivity contribution in [3.8, 4) is 0 Å². The number of pyridine rings is 1. The number of anilines is 2. The third-order valence-electron chi connectivity index (χ3n) is 5.68. The number of hydrogen-bond donors (Lipinski definition) is 2. The van der Waals surface area contributed by atoms with Crippen LogP contribution >= 0.6 is 0 Å². The number of carbonyl (C=O) groups excluding carboxylic acids is 1. The normalized spacial score (nSPS) is 18.8. The highest BCUT2D eigenvalue weighted by Crippen LogP contribution is 2.29. The quantitative estimate of drug-likeness (QED) is 0.651. The summed E-state index contributed by atoms with van der Waals surface area (Å²) in [6, 6.07) is 16.5. The molecule has 3 aromatic rings. The first-order valence-corrected chi connectivity index (χ1v) is 10.4. The number of nitrogens with zero attached hydrogens (tertiary/aromatic N) is 2. The summed E-state index contributed by atoms with van der Waals surface area (Å²) in [7, 11) is 4.08. The molecule has 5 nitrogen and oxygen atoms in total. The summed E-state index contributed by atoms with van der Waals surface area (Å²) >= 11 is 0. The number of aromatic nitrogens is 1. The standard InChI is InChI=1S/C24H27FN4O/c1-29(2)22-15-23(28-21-9-4-3-8-20(21)22)26-18-10-12-19(13-11-18)27-24(30)16-6-5-7-17(25)14-16/h3-9,14-15,18-19H,10-13H2,1-2H3,(H,26,28)(H,27,30). The summed E-state index contributed by atoms with van der Waals surface area (Å²) in [5, 5.41) is 7.76. The van der Waals surface area contributed by atoms with Gasteiger partial charge < -0.3 is 15.5 Å². The third kappa shape index (κ3) is 4.53. The molecule has 0 aliphatic heterocycles. The van der Waals surface area contributed by atoms with Gasteiger partial charge in [-0.15, -0.1) is 0 Å². The van der Waals surface area contributed by atoms with E-state index in [0.717, 1.165) is 48.1 Å². The van der Waals surface area contributed by atoms with E-state index in [2.05, 4.69) is 27.7 Å². The number of rotatable bonds is 5. The molecule has 1 aliphatic carbocycles. The fourth-order valence-corrected chi connectivity index (χ4v) is 4.09. The molecule has 156 valence electrons. The average molecular weight is 407 g/mol. The zero-order chi connectivity index (χ0) is 21.1. The number of hydrogen-bond acceptors (Lipinski definition) is 4. The summed E-state index contributed by atoms with van der Waals surface area (Å²) < 4.78 is 13.3. The van der Waals surface area contributed by atoms with Gasteiger partial charge in [-0.05, 0) is 49.9 Å². The van der Waals surface area contributed by atoms with Gasteiger partial charge in [0.05, 0.1) is 5.52 Å². The highest BCUT2D eigenvalue weighted by molar-refractivity contribution is 5.94. The van der Waals surface area contributed by atoms with Crippen molar-refractivity contribution < 1.29 is 9.18 Å². The zero-order valence-corrected chi connectivity index (χ0v) is 17.4. The van der Waals surface area contributed by atoms with Crippen LogP contribution in [0.5, 0.6) is 0 Å². The highest BCUT2D eigenvalue weighted by Gasteiger charge is 2.23. The molecule has 1 amide bonds. The number of para-hydroxylation sites is 1. The van der Waals surface area contributed by atoms with E-state index in [-0.39, 0.29) is 11.9 Å². The molecule has 1 saturated carbocycles. The van der Waals surface area contributed by atoms with E-state index in [4.69, 9.17) is 4.98 Å². The molecule has 0 saturated heterocycles. The number of benzene rings is 2. The van der Waals surface area contributed by atoms with Gasteiger partial charge in [-0.3, -0.25) is 4.79 Å². The summed E-state index contributed by atoms with van der Waals surface area (Å²) in [6.45, 7) is 0. The molecule has 6 heteroatoms. The molecule has 4 rings (SSSR count). The van der Waals surface area contributed by atoms with Gasteiger partial charge in [0.2, 0.25) is 0 Å². The second-order valence-electron chi connectivity index (χ2n) is 8.11. The Bertz CT molecular complexity index is 1040. The lowest BCUT2D eigenvalue weighted by Crippen LogP contribution is -2.40. The van der Waals surface area contributed by atoms with E-state index in [1.807, 2.05) is 32.3 Å². The molecule has 30 heavy (non-hydrogen) atoms. The van der Waals surface area contributed by atoms with Gasteiger partial charge in [0.1, 0.15) is 11.6 Å². The van der Waals surface area contributed by atoms with Crippen molar-refractivity contribution in [2.24, 2.45) is 0 Å². The molecule has 0 atom stereocenters. The van der Waals surface area contributed by atoms with E-state index in [9.17, 15) is 9.18 Å². The Balaban J connectivity index is 1.37. The van der Waals surface area contributed by atoms with Crippen LogP contribution < -0.4 is 15.5 Å². The molecule has 2 aromatic carbocycles. The number of nitrogens with one attached hydrogen (secondary N) is 2. The van der Waals surface area contributed by atoms with Crippen LogP contribution in [0.25, 0.3) is 10.9 Å². The van der Waals surface area contributed by atoms with Gasteiger partial charge in [0.25, 0.3) is 5.91 Å². The van der Waals surface area contributed by atoms with Crippen molar-refractivity contribution in [3.63, 3.8) is 0 Å². The molecule has 1 heterocycles. The van der Waals surface area contributed by atoms with E-state index in [0.29, 0.717) is 11.6 Å². The molecular formula is C24H27FN4O. The Hall–Kier alpha value is -3.15. The lowest BCUT2D eigenvalue weighted by atomic mass is 9.91. The second kappa shape index (κ2) is 8.69. The Labute approximate surface area is 176 Å². The second-order valence-corrected chi connectivity index (χ2v) is 8.11. The first kappa shape index (κ1) is 20.1. The minimum absolute atomic E-state index is 0.112. The van der Waals surface area contributed by atoms with Gasteiger partial charge >= 0.3 is 0 Å². The third-order valence-corrected chi connectivity index (χ3v) is 5.68. The van der Waals surface area contributed by atoms with Crippen LogP contribution in [0.1, 0.15) is 36.0 Å². The summed E-state index contributed by atoms with van der Waals surface area (Å²) in [6.07, 6.45) is 3.65. The predicted molar refractivity (Wildman–Crippen MR) is 120 cm³/mol. The molecule has 0 spiro atoms. The van der Waals surface area contributed by atoms with Crippen molar-refractivity contribution in [1.82, 2.24) is 10.3 Å². The molecule has 0 unspecified atom stereocenters. The average Bonchev–Trinajstić information content (AvgIpc) is 2.74. The Kier molecular flexibility index (Phi) is 5.84. The highest BCUT2D eigenvalue weighted by atomic mass is 19.1. The van der Waals surface area contributed by atoms with Crippen molar-refractivity contribution in [2.45, 2.75) is 37.8 Å². The Morgan fingerprint density at radius 3 is 2.47 bits per heavy atom. The summed E-state index contributed by atoms with van der Waals surface area (Å²) in [5.74, 6) is 0.276. The van der Waals surface area contributed by atoms with Crippen molar-refractivity contribution >= 4 is 28.3 Å². The molecule has 1 fully saturated rings. The van der Waals surface area contributed by atoms with E-state index >= 15 is 0 Å². The Morgan fingerprint density at radius 1 is 1.00 bits per heavy atom. The van der Waals surface area contributed by atoms with Crippen molar-refractivity contribution in [3.05, 3.63) is 66.0 Å². The summed E-state index contributed by atoms with van der Waals surface area (Å²) in [4.78, 5) is 19.2. The monoisotopic (exact) mass is 406 g/mol. The van der Waals surface area contributed by atoms with E-state index in [1.54, 1.807) is 12.1 Å². The van der Waals surface area contributed by atoms with Gasteiger partial charge in [-0.2, -0.15) is 0 Å². The summed E-state index contributed by atoms with van der Waals surface area (Å²) in [5.41, 5.74) is 2.48. The zero-order valence-electron chi connectivity index (χ0n) is 17.4. The van der Waals surface area contributed by atoms with Crippen LogP contribution in [0.2, 0.25) is 0 Å². The van der Waals surface area contributed by atoms with Gasteiger partial charge in [0.15, 0.2) is 0 Å². The SMILES string of the molecule is CN(C)c1cc(NC2CCC(NC(=O)c3cccc(F)c3)CC2)nc2ccccc12. The van der Waals surface area contributed by atoms with Crippen LogP contribution in [0.3, 0.4) is 0 Å². The largest absolute Gasteiger partial charge is 0.377 e. The van der Waals surface area contributed by atoms with Gasteiger partial charge in [-0.25, -0.2) is 9.37 Å². The van der Waals surface area contributed by atoms with Crippen LogP contribution in [0.4, 0.5) is 15.9 Å². The van der Waals surface area contributed by atoms with E-state index < -0.39 is 5.82 Å². The molecule has 0 radical (unpaired) electrons. The lowest BCUT2D eigenvalue weighted by Gasteiger charge is -2.30. The fourth-order valence-electron chi connectivity index (χ4n) is 4.09. The molecular weight excluding hydrogens is 379 g/mol. The van der Waals surface area contributed by atoms with Crippen molar-refractivity contribution in [2.75, 3.05) is 24.3 Å². The minimum Gasteiger partial charge on any atom is -0.377 e. The predicted octanol–water partition coefficient (Wildman–Crippen LogP) is 4.59. The molecule has 1 aromatic heterocycles. The van der Waals surface area contributed by atoms with Gasteiger partial charge in [-0.1, -0.05) is 24.3 Å². The molecule has 2 N–H and O–H groups in total. The Morgan fingerprint density at radius 2 is 1.73 bits per heavy atom. The topological polar surface area (TPSA) is 57.3 Å². The number of carbonyl (C=O) groups is 1. The van der Waals surface area contributed by atoms with Gasteiger partial charge in [0, 0.05) is 48.9 Å². The minimum atomic E-state index is -0.393. The first-order chi connectivity index (χ1) is 14.5. The van der Waals surface area contributed by atoms with Crippen LogP contribution in [0.15, 0.2) is 54.6 Å². The number of halogens is 1. The maximum absolute atomic E-state index is 13.3. The molecule has 1 aliphatic rings. The van der Waals surface area contributed by atoms with Crippen LogP contribution in [-0.4, -0.2) is 37.1 Å². The lowest BCUT2D eigenvalue weighted by molar-refractivity contribution is 0.0926. The number of fused-ring (bicyclic) bond motifs is 1. The van der Waals surface area contributed by atoms with Crippen molar-refractivity contribution in [1.29, 1.82) is 0 Å². The number of amides is 1. The van der Waals surface area contributed by atoms with E-state index in [1.165, 1.54) is 12.1 Å². The first-order valence-electron chi connectivity index (χ1n) is 10.4. The maximum atomic E-state index is 13.3. The smallest absolute Gasteiger partial charge is 0.251 e. The molecule has 0 bridgehead atoms. The van der Waals surface area contributed by atoms with Crippen LogP contribution in [0, 0.1) is 5.82 Å². The maximum Gasteiger partial charge on any atom is 0.251 e. The fraction of sp³-hybridized carbons (Fsp3) is 0.333.